The normalized spacial score (nSPS) is 12.7. The molecule has 1 aromatic heterocycles. The van der Waals surface area contributed by atoms with E-state index in [1.54, 1.807) is 11.3 Å². The molecular weight excluding hydrogens is 234 g/mol. The second-order valence-electron chi connectivity index (χ2n) is 4.53. The molecule has 17 heavy (non-hydrogen) atoms. The Kier molecular flexibility index (Phi) is 6.15. The zero-order valence-electron chi connectivity index (χ0n) is 10.7. The zero-order chi connectivity index (χ0) is 12.7. The number of carbonyl (C=O) groups excluding carboxylic acids is 1. The van der Waals surface area contributed by atoms with Crippen molar-refractivity contribution in [2.24, 2.45) is 5.92 Å². The van der Waals surface area contributed by atoms with Crippen molar-refractivity contribution in [3.8, 4) is 0 Å². The van der Waals surface area contributed by atoms with E-state index in [0.29, 0.717) is 18.9 Å². The van der Waals surface area contributed by atoms with E-state index in [0.717, 1.165) is 6.54 Å². The van der Waals surface area contributed by atoms with Crippen LogP contribution in [0.15, 0.2) is 11.7 Å². The van der Waals surface area contributed by atoms with Gasteiger partial charge in [-0.3, -0.25) is 9.78 Å². The summed E-state index contributed by atoms with van der Waals surface area (Å²) in [4.78, 5) is 16.7. The Hall–Kier alpha value is -0.940. The lowest BCUT2D eigenvalue weighted by Crippen LogP contribution is -2.30. The third-order valence-corrected chi connectivity index (χ3v) is 3.35. The molecule has 2 N–H and O–H groups in total. The van der Waals surface area contributed by atoms with Gasteiger partial charge in [-0.05, 0) is 12.8 Å². The van der Waals surface area contributed by atoms with Gasteiger partial charge in [0.05, 0.1) is 5.51 Å². The summed E-state index contributed by atoms with van der Waals surface area (Å²) in [6.45, 7) is 7.71. The Labute approximate surface area is 107 Å². The van der Waals surface area contributed by atoms with Crippen LogP contribution in [0, 0.1) is 5.92 Å². The highest BCUT2D eigenvalue weighted by Crippen LogP contribution is 2.15. The molecule has 0 radical (unpaired) electrons. The van der Waals surface area contributed by atoms with Crippen molar-refractivity contribution in [1.82, 2.24) is 15.6 Å². The van der Waals surface area contributed by atoms with Gasteiger partial charge < -0.3 is 10.6 Å². The first-order chi connectivity index (χ1) is 8.09. The lowest BCUT2D eigenvalue weighted by molar-refractivity contribution is -0.121. The van der Waals surface area contributed by atoms with Gasteiger partial charge in [0.1, 0.15) is 0 Å². The van der Waals surface area contributed by atoms with Crippen LogP contribution < -0.4 is 10.6 Å². The predicted molar refractivity (Wildman–Crippen MR) is 71.0 cm³/mol. The number of nitrogens with zero attached hydrogens (tertiary/aromatic N) is 1. The maximum absolute atomic E-state index is 11.5. The molecule has 0 aliphatic carbocycles. The average molecular weight is 255 g/mol. The molecule has 1 aromatic rings. The summed E-state index contributed by atoms with van der Waals surface area (Å²) >= 11 is 1.63. The molecule has 0 bridgehead atoms. The number of rotatable bonds is 7. The quantitative estimate of drug-likeness (QED) is 0.783. The molecule has 0 spiro atoms. The van der Waals surface area contributed by atoms with Crippen molar-refractivity contribution in [3.05, 3.63) is 16.6 Å². The lowest BCUT2D eigenvalue weighted by atomic mass is 10.2. The third kappa shape index (κ3) is 5.79. The van der Waals surface area contributed by atoms with E-state index in [2.05, 4.69) is 36.4 Å². The predicted octanol–water partition coefficient (Wildman–Crippen LogP) is 1.96. The molecule has 1 amide bonds. The molecular formula is C12H21N3OS. The SMILES string of the molecule is CC(C)CNC(=O)CCNC(C)c1cncs1. The van der Waals surface area contributed by atoms with E-state index < -0.39 is 0 Å². The van der Waals surface area contributed by atoms with Crippen LogP contribution in [-0.4, -0.2) is 24.0 Å². The van der Waals surface area contributed by atoms with Gasteiger partial charge in [0.25, 0.3) is 0 Å². The fourth-order valence-electron chi connectivity index (χ4n) is 1.35. The Morgan fingerprint density at radius 1 is 1.47 bits per heavy atom. The van der Waals surface area contributed by atoms with Crippen LogP contribution in [0.3, 0.4) is 0 Å². The Morgan fingerprint density at radius 2 is 2.24 bits per heavy atom. The molecule has 96 valence electrons. The fourth-order valence-corrected chi connectivity index (χ4v) is 2.00. The maximum Gasteiger partial charge on any atom is 0.221 e. The number of hydrogen-bond acceptors (Lipinski definition) is 4. The van der Waals surface area contributed by atoms with Crippen molar-refractivity contribution >= 4 is 17.2 Å². The van der Waals surface area contributed by atoms with E-state index in [-0.39, 0.29) is 11.9 Å². The van der Waals surface area contributed by atoms with Crippen molar-refractivity contribution < 1.29 is 4.79 Å². The molecule has 0 fully saturated rings. The van der Waals surface area contributed by atoms with Crippen molar-refractivity contribution in [3.63, 3.8) is 0 Å². The summed E-state index contributed by atoms with van der Waals surface area (Å²) in [6, 6.07) is 0.264. The van der Waals surface area contributed by atoms with Crippen LogP contribution in [0.4, 0.5) is 0 Å². The highest BCUT2D eigenvalue weighted by Gasteiger charge is 2.07. The second kappa shape index (κ2) is 7.40. The summed E-state index contributed by atoms with van der Waals surface area (Å²) in [5.74, 6) is 0.616. The van der Waals surface area contributed by atoms with Gasteiger partial charge in [-0.15, -0.1) is 11.3 Å². The number of carbonyl (C=O) groups is 1. The molecule has 0 aliphatic rings. The average Bonchev–Trinajstić information content (AvgIpc) is 2.79. The Balaban J connectivity index is 2.13. The van der Waals surface area contributed by atoms with E-state index >= 15 is 0 Å². The summed E-state index contributed by atoms with van der Waals surface area (Å²) in [5.41, 5.74) is 1.82. The van der Waals surface area contributed by atoms with Gasteiger partial charge in [0.15, 0.2) is 0 Å². The molecule has 1 heterocycles. The van der Waals surface area contributed by atoms with Crippen LogP contribution in [0.1, 0.15) is 38.1 Å². The number of aromatic nitrogens is 1. The van der Waals surface area contributed by atoms with Crippen LogP contribution in [0.5, 0.6) is 0 Å². The van der Waals surface area contributed by atoms with Gasteiger partial charge in [-0.25, -0.2) is 0 Å². The van der Waals surface area contributed by atoms with Gasteiger partial charge in [0, 0.05) is 36.6 Å². The molecule has 1 rings (SSSR count). The molecule has 0 aromatic carbocycles. The summed E-state index contributed by atoms with van der Waals surface area (Å²) in [6.07, 6.45) is 2.39. The van der Waals surface area contributed by atoms with Crippen LogP contribution in [0.2, 0.25) is 0 Å². The summed E-state index contributed by atoms with van der Waals surface area (Å²) < 4.78 is 0. The monoisotopic (exact) mass is 255 g/mol. The van der Waals surface area contributed by atoms with E-state index in [9.17, 15) is 4.79 Å². The molecule has 1 unspecified atom stereocenters. The van der Waals surface area contributed by atoms with E-state index in [1.165, 1.54) is 4.88 Å². The summed E-state index contributed by atoms with van der Waals surface area (Å²) in [7, 11) is 0. The topological polar surface area (TPSA) is 54.0 Å². The van der Waals surface area contributed by atoms with Crippen molar-refractivity contribution in [2.45, 2.75) is 33.2 Å². The first-order valence-corrected chi connectivity index (χ1v) is 6.86. The van der Waals surface area contributed by atoms with Crippen LogP contribution in [-0.2, 0) is 4.79 Å². The molecule has 5 heteroatoms. The lowest BCUT2D eigenvalue weighted by Gasteiger charge is -2.12. The van der Waals surface area contributed by atoms with E-state index in [4.69, 9.17) is 0 Å². The minimum Gasteiger partial charge on any atom is -0.356 e. The second-order valence-corrected chi connectivity index (χ2v) is 5.45. The summed E-state index contributed by atoms with van der Waals surface area (Å²) in [5, 5.41) is 6.22. The fraction of sp³-hybridized carbons (Fsp3) is 0.667. The molecule has 4 nitrogen and oxygen atoms in total. The molecule has 0 saturated heterocycles. The van der Waals surface area contributed by atoms with Gasteiger partial charge in [0.2, 0.25) is 5.91 Å². The molecule has 0 aliphatic heterocycles. The highest BCUT2D eigenvalue weighted by atomic mass is 32.1. The highest BCUT2D eigenvalue weighted by molar-refractivity contribution is 7.09. The number of hydrogen-bond donors (Lipinski definition) is 2. The zero-order valence-corrected chi connectivity index (χ0v) is 11.5. The standard InChI is InChI=1S/C12H21N3OS/c1-9(2)6-15-12(16)4-5-14-10(3)11-7-13-8-17-11/h7-10,14H,4-6H2,1-3H3,(H,15,16). The van der Waals surface area contributed by atoms with Crippen molar-refractivity contribution in [1.29, 1.82) is 0 Å². The largest absolute Gasteiger partial charge is 0.356 e. The van der Waals surface area contributed by atoms with Crippen LogP contribution in [0.25, 0.3) is 0 Å². The maximum atomic E-state index is 11.5. The number of nitrogens with one attached hydrogen (secondary N) is 2. The first kappa shape index (κ1) is 14.1. The van der Waals surface area contributed by atoms with Gasteiger partial charge >= 0.3 is 0 Å². The number of amides is 1. The Morgan fingerprint density at radius 3 is 2.82 bits per heavy atom. The third-order valence-electron chi connectivity index (χ3n) is 2.39. The van der Waals surface area contributed by atoms with E-state index in [1.807, 2.05) is 11.7 Å². The smallest absolute Gasteiger partial charge is 0.221 e. The minimum absolute atomic E-state index is 0.114. The van der Waals surface area contributed by atoms with Crippen LogP contribution >= 0.6 is 11.3 Å². The molecule has 0 saturated carbocycles. The van der Waals surface area contributed by atoms with Crippen molar-refractivity contribution in [2.75, 3.05) is 13.1 Å². The first-order valence-electron chi connectivity index (χ1n) is 5.98. The number of thiazole rings is 1. The molecule has 1 atom stereocenters. The van der Waals surface area contributed by atoms with Gasteiger partial charge in [-0.1, -0.05) is 13.8 Å². The Bertz CT molecular complexity index is 325. The minimum atomic E-state index is 0.114. The van der Waals surface area contributed by atoms with Gasteiger partial charge in [-0.2, -0.15) is 0 Å².